The Morgan fingerprint density at radius 3 is 2.88 bits per heavy atom. The van der Waals surface area contributed by atoms with Crippen molar-refractivity contribution < 1.29 is 13.5 Å². The van der Waals surface area contributed by atoms with Crippen molar-refractivity contribution in [2.24, 2.45) is 0 Å². The number of nitrogens with zero attached hydrogens (tertiary/aromatic N) is 1. The van der Waals surface area contributed by atoms with Gasteiger partial charge < -0.3 is 4.74 Å². The fraction of sp³-hybridized carbons (Fsp3) is 0.500. The third kappa shape index (κ3) is 2.92. The molecule has 1 heterocycles. The first-order valence-corrected chi connectivity index (χ1v) is 5.48. The molecule has 1 aliphatic rings. The molecule has 0 spiro atoms. The molecule has 4 heteroatoms. The van der Waals surface area contributed by atoms with Crippen LogP contribution in [-0.4, -0.2) is 37.3 Å². The van der Waals surface area contributed by atoms with E-state index in [0.717, 1.165) is 19.6 Å². The summed E-state index contributed by atoms with van der Waals surface area (Å²) in [7, 11) is 0. The van der Waals surface area contributed by atoms with E-state index in [9.17, 15) is 8.78 Å². The van der Waals surface area contributed by atoms with Crippen LogP contribution < -0.4 is 4.74 Å². The Kier molecular flexibility index (Phi) is 3.72. The minimum Gasteiger partial charge on any atom is -0.488 e. The van der Waals surface area contributed by atoms with Gasteiger partial charge >= 0.3 is 0 Å². The molecule has 1 aromatic carbocycles. The van der Waals surface area contributed by atoms with Crippen LogP contribution in [-0.2, 0) is 0 Å². The highest BCUT2D eigenvalue weighted by atomic mass is 19.1. The molecule has 1 aliphatic heterocycles. The summed E-state index contributed by atoms with van der Waals surface area (Å²) in [6, 6.07) is 6.14. The largest absolute Gasteiger partial charge is 0.488 e. The highest BCUT2D eigenvalue weighted by Gasteiger charge is 2.27. The third-order valence-corrected chi connectivity index (χ3v) is 2.63. The van der Waals surface area contributed by atoms with Gasteiger partial charge in [-0.2, -0.15) is 0 Å². The fourth-order valence-electron chi connectivity index (χ4n) is 1.80. The maximum absolute atomic E-state index is 12.9. The van der Waals surface area contributed by atoms with Gasteiger partial charge in [0.15, 0.2) is 0 Å². The SMILES string of the molecule is FCCCN1CC(Oc2cccc(F)c2)C1. The van der Waals surface area contributed by atoms with E-state index in [0.29, 0.717) is 12.2 Å². The topological polar surface area (TPSA) is 12.5 Å². The Morgan fingerprint density at radius 1 is 1.38 bits per heavy atom. The molecule has 1 aromatic rings. The second-order valence-electron chi connectivity index (χ2n) is 4.00. The Bertz CT molecular complexity index is 340. The molecule has 1 saturated heterocycles. The van der Waals surface area contributed by atoms with Gasteiger partial charge in [-0.15, -0.1) is 0 Å². The molecule has 0 aromatic heterocycles. The molecule has 0 aliphatic carbocycles. The monoisotopic (exact) mass is 227 g/mol. The van der Waals surface area contributed by atoms with Crippen molar-refractivity contribution in [3.63, 3.8) is 0 Å². The van der Waals surface area contributed by atoms with Crippen molar-refractivity contribution in [3.8, 4) is 5.75 Å². The maximum Gasteiger partial charge on any atom is 0.126 e. The van der Waals surface area contributed by atoms with Crippen LogP contribution in [0.2, 0.25) is 0 Å². The number of benzene rings is 1. The zero-order valence-corrected chi connectivity index (χ0v) is 9.03. The Hall–Kier alpha value is -1.16. The normalized spacial score (nSPS) is 17.1. The summed E-state index contributed by atoms with van der Waals surface area (Å²) in [6.45, 7) is 2.11. The van der Waals surface area contributed by atoms with Gasteiger partial charge in [-0.3, -0.25) is 9.29 Å². The van der Waals surface area contributed by atoms with Gasteiger partial charge in [0.2, 0.25) is 0 Å². The van der Waals surface area contributed by atoms with Gasteiger partial charge in [0, 0.05) is 25.7 Å². The lowest BCUT2D eigenvalue weighted by molar-refractivity contribution is 0.0183. The molecule has 0 bridgehead atoms. The highest BCUT2D eigenvalue weighted by Crippen LogP contribution is 2.18. The Morgan fingerprint density at radius 2 is 2.19 bits per heavy atom. The summed E-state index contributed by atoms with van der Waals surface area (Å²) in [4.78, 5) is 2.13. The quantitative estimate of drug-likeness (QED) is 0.765. The standard InChI is InChI=1S/C12H15F2NO/c13-5-2-6-15-8-12(9-15)16-11-4-1-3-10(14)7-11/h1,3-4,7,12H,2,5-6,8-9H2. The lowest BCUT2D eigenvalue weighted by Gasteiger charge is -2.38. The van der Waals surface area contributed by atoms with E-state index in [1.165, 1.54) is 12.1 Å². The van der Waals surface area contributed by atoms with Crippen molar-refractivity contribution in [1.29, 1.82) is 0 Å². The van der Waals surface area contributed by atoms with Crippen molar-refractivity contribution >= 4 is 0 Å². The van der Waals surface area contributed by atoms with Gasteiger partial charge in [-0.25, -0.2) is 4.39 Å². The average Bonchev–Trinajstić information content (AvgIpc) is 2.21. The number of likely N-dealkylation sites (tertiary alicyclic amines) is 1. The van der Waals surface area contributed by atoms with Crippen molar-refractivity contribution in [2.75, 3.05) is 26.3 Å². The zero-order valence-electron chi connectivity index (χ0n) is 9.03. The first kappa shape index (κ1) is 11.3. The summed E-state index contributed by atoms with van der Waals surface area (Å²) >= 11 is 0. The van der Waals surface area contributed by atoms with Gasteiger partial charge in [0.05, 0.1) is 6.67 Å². The van der Waals surface area contributed by atoms with E-state index < -0.39 is 0 Å². The van der Waals surface area contributed by atoms with Crippen LogP contribution >= 0.6 is 0 Å². The molecule has 16 heavy (non-hydrogen) atoms. The fourth-order valence-corrected chi connectivity index (χ4v) is 1.80. The minimum atomic E-state index is -0.286. The average molecular weight is 227 g/mol. The van der Waals surface area contributed by atoms with Gasteiger partial charge in [0.25, 0.3) is 0 Å². The molecule has 0 amide bonds. The number of alkyl halides is 1. The second-order valence-corrected chi connectivity index (χ2v) is 4.00. The number of hydrogen-bond donors (Lipinski definition) is 0. The first-order valence-electron chi connectivity index (χ1n) is 5.48. The lowest BCUT2D eigenvalue weighted by atomic mass is 10.1. The summed E-state index contributed by atoms with van der Waals surface area (Å²) in [6.07, 6.45) is 0.688. The molecule has 0 radical (unpaired) electrons. The molecule has 88 valence electrons. The van der Waals surface area contributed by atoms with E-state index >= 15 is 0 Å². The summed E-state index contributed by atoms with van der Waals surface area (Å²) < 4.78 is 30.3. The van der Waals surface area contributed by atoms with Crippen molar-refractivity contribution in [2.45, 2.75) is 12.5 Å². The number of ether oxygens (including phenoxy) is 1. The molecule has 2 nitrogen and oxygen atoms in total. The summed E-state index contributed by atoms with van der Waals surface area (Å²) in [5.41, 5.74) is 0. The number of rotatable bonds is 5. The van der Waals surface area contributed by atoms with Crippen LogP contribution in [0, 0.1) is 5.82 Å². The van der Waals surface area contributed by atoms with Crippen LogP contribution in [0.5, 0.6) is 5.75 Å². The maximum atomic E-state index is 12.9. The molecule has 1 fully saturated rings. The Labute approximate surface area is 93.8 Å². The smallest absolute Gasteiger partial charge is 0.126 e. The van der Waals surface area contributed by atoms with Crippen LogP contribution in [0.15, 0.2) is 24.3 Å². The molecule has 0 atom stereocenters. The van der Waals surface area contributed by atoms with Gasteiger partial charge in [-0.1, -0.05) is 6.07 Å². The number of hydrogen-bond acceptors (Lipinski definition) is 2. The Balaban J connectivity index is 1.73. The first-order chi connectivity index (χ1) is 7.78. The predicted octanol–water partition coefficient (Wildman–Crippen LogP) is 2.25. The van der Waals surface area contributed by atoms with Crippen molar-refractivity contribution in [3.05, 3.63) is 30.1 Å². The predicted molar refractivity (Wildman–Crippen MR) is 57.8 cm³/mol. The molecule has 0 saturated carbocycles. The van der Waals surface area contributed by atoms with Crippen LogP contribution in [0.3, 0.4) is 0 Å². The van der Waals surface area contributed by atoms with Gasteiger partial charge in [0.1, 0.15) is 17.7 Å². The summed E-state index contributed by atoms with van der Waals surface area (Å²) in [5, 5.41) is 0. The second kappa shape index (κ2) is 5.25. The van der Waals surface area contributed by atoms with Crippen molar-refractivity contribution in [1.82, 2.24) is 4.90 Å². The van der Waals surface area contributed by atoms with Crippen LogP contribution in [0.4, 0.5) is 8.78 Å². The molecule has 2 rings (SSSR count). The third-order valence-electron chi connectivity index (χ3n) is 2.63. The van der Waals surface area contributed by atoms with E-state index in [-0.39, 0.29) is 18.6 Å². The number of halogens is 2. The summed E-state index contributed by atoms with van der Waals surface area (Å²) in [5.74, 6) is 0.279. The van der Waals surface area contributed by atoms with Crippen LogP contribution in [0.1, 0.15) is 6.42 Å². The van der Waals surface area contributed by atoms with E-state index in [2.05, 4.69) is 4.90 Å². The molecular weight excluding hydrogens is 212 g/mol. The van der Waals surface area contributed by atoms with Gasteiger partial charge in [-0.05, 0) is 18.6 Å². The molecule has 0 N–H and O–H groups in total. The highest BCUT2D eigenvalue weighted by molar-refractivity contribution is 5.23. The van der Waals surface area contributed by atoms with E-state index in [1.54, 1.807) is 12.1 Å². The van der Waals surface area contributed by atoms with E-state index in [1.807, 2.05) is 0 Å². The lowest BCUT2D eigenvalue weighted by Crippen LogP contribution is -2.53. The molecule has 0 unspecified atom stereocenters. The van der Waals surface area contributed by atoms with Crippen LogP contribution in [0.25, 0.3) is 0 Å². The van der Waals surface area contributed by atoms with E-state index in [4.69, 9.17) is 4.74 Å². The molecular formula is C12H15F2NO. The minimum absolute atomic E-state index is 0.112. The zero-order chi connectivity index (χ0) is 11.4.